The monoisotopic (exact) mass is 212 g/mol. The molecule has 0 radical (unpaired) electrons. The third-order valence-corrected chi connectivity index (χ3v) is 4.00. The number of thioether (sulfide) groups is 1. The number of hydrogen-bond acceptors (Lipinski definition) is 3. The van der Waals surface area contributed by atoms with Crippen LogP contribution in [0.5, 0.6) is 0 Å². The molecule has 0 bridgehead atoms. The molecule has 0 atom stereocenters. The molecule has 0 unspecified atom stereocenters. The summed E-state index contributed by atoms with van der Waals surface area (Å²) in [4.78, 5) is 3.95. The highest BCUT2D eigenvalue weighted by Crippen LogP contribution is 2.46. The van der Waals surface area contributed by atoms with Crippen molar-refractivity contribution < 1.29 is 4.39 Å². The van der Waals surface area contributed by atoms with Gasteiger partial charge in [-0.1, -0.05) is 0 Å². The zero-order chi connectivity index (χ0) is 10.0. The molecule has 1 aliphatic carbocycles. The number of aromatic nitrogens is 1. The van der Waals surface area contributed by atoms with Crippen LogP contribution in [-0.4, -0.2) is 22.5 Å². The standard InChI is InChI=1S/C10H13FN2S/c1-14-10(4-5-10)7-13-9-8(11)3-2-6-12-9/h2-3,6H,4-5,7H2,1H3,(H,12,13). The molecule has 2 rings (SSSR count). The van der Waals surface area contributed by atoms with Crippen molar-refractivity contribution in [2.75, 3.05) is 18.1 Å². The highest BCUT2D eigenvalue weighted by molar-refractivity contribution is 8.00. The van der Waals surface area contributed by atoms with Crippen molar-refractivity contribution in [2.45, 2.75) is 17.6 Å². The number of anilines is 1. The lowest BCUT2D eigenvalue weighted by molar-refractivity contribution is 0.624. The Labute approximate surface area is 87.3 Å². The molecule has 0 aromatic carbocycles. The maximum Gasteiger partial charge on any atom is 0.165 e. The van der Waals surface area contributed by atoms with Crippen molar-refractivity contribution in [3.05, 3.63) is 24.1 Å². The van der Waals surface area contributed by atoms with Crippen LogP contribution in [0.2, 0.25) is 0 Å². The number of nitrogens with one attached hydrogen (secondary N) is 1. The zero-order valence-electron chi connectivity index (χ0n) is 8.09. The number of rotatable bonds is 4. The first kappa shape index (κ1) is 9.77. The first-order chi connectivity index (χ1) is 6.76. The molecule has 0 aliphatic heterocycles. The highest BCUT2D eigenvalue weighted by atomic mass is 32.2. The number of hydrogen-bond donors (Lipinski definition) is 1. The summed E-state index contributed by atoms with van der Waals surface area (Å²) in [6.45, 7) is 0.808. The fraction of sp³-hybridized carbons (Fsp3) is 0.500. The van der Waals surface area contributed by atoms with Crippen LogP contribution in [0.4, 0.5) is 10.2 Å². The summed E-state index contributed by atoms with van der Waals surface area (Å²) in [5, 5.41) is 3.06. The second kappa shape index (κ2) is 3.77. The molecule has 0 amide bonds. The Bertz CT molecular complexity index is 326. The second-order valence-electron chi connectivity index (χ2n) is 3.57. The molecule has 1 aromatic rings. The van der Waals surface area contributed by atoms with Crippen LogP contribution in [0.25, 0.3) is 0 Å². The van der Waals surface area contributed by atoms with Gasteiger partial charge in [0.2, 0.25) is 0 Å². The summed E-state index contributed by atoms with van der Waals surface area (Å²) in [5.74, 6) is 0.0947. The van der Waals surface area contributed by atoms with Gasteiger partial charge in [-0.2, -0.15) is 11.8 Å². The van der Waals surface area contributed by atoms with Crippen molar-refractivity contribution >= 4 is 17.6 Å². The minimum absolute atomic E-state index is 0.274. The van der Waals surface area contributed by atoms with E-state index in [-0.39, 0.29) is 5.82 Å². The minimum Gasteiger partial charge on any atom is -0.366 e. The van der Waals surface area contributed by atoms with E-state index in [1.165, 1.54) is 18.9 Å². The normalized spacial score (nSPS) is 17.9. The molecule has 1 aliphatic rings. The molecule has 1 heterocycles. The zero-order valence-corrected chi connectivity index (χ0v) is 8.90. The van der Waals surface area contributed by atoms with E-state index in [4.69, 9.17) is 0 Å². The Morgan fingerprint density at radius 3 is 3.00 bits per heavy atom. The summed E-state index contributed by atoms with van der Waals surface area (Å²) in [5.41, 5.74) is 0. The van der Waals surface area contributed by atoms with Crippen LogP contribution >= 0.6 is 11.8 Å². The Hall–Kier alpha value is -0.770. The van der Waals surface area contributed by atoms with Gasteiger partial charge >= 0.3 is 0 Å². The number of nitrogens with zero attached hydrogens (tertiary/aromatic N) is 1. The molecular weight excluding hydrogens is 199 g/mol. The van der Waals surface area contributed by atoms with E-state index in [0.717, 1.165) is 6.54 Å². The second-order valence-corrected chi connectivity index (χ2v) is 4.85. The predicted octanol–water partition coefficient (Wildman–Crippen LogP) is 2.53. The Kier molecular flexibility index (Phi) is 2.63. The summed E-state index contributed by atoms with van der Waals surface area (Å²) in [7, 11) is 0. The van der Waals surface area contributed by atoms with Crippen molar-refractivity contribution in [1.29, 1.82) is 0 Å². The smallest absolute Gasteiger partial charge is 0.165 e. The van der Waals surface area contributed by atoms with Gasteiger partial charge in [0, 0.05) is 17.5 Å². The molecule has 1 fully saturated rings. The Balaban J connectivity index is 1.95. The Morgan fingerprint density at radius 2 is 2.43 bits per heavy atom. The Morgan fingerprint density at radius 1 is 1.64 bits per heavy atom. The van der Waals surface area contributed by atoms with E-state index in [0.29, 0.717) is 10.6 Å². The fourth-order valence-electron chi connectivity index (χ4n) is 1.35. The van der Waals surface area contributed by atoms with Gasteiger partial charge in [-0.05, 0) is 31.2 Å². The van der Waals surface area contributed by atoms with Crippen molar-refractivity contribution in [2.24, 2.45) is 0 Å². The van der Waals surface area contributed by atoms with Crippen molar-refractivity contribution in [3.63, 3.8) is 0 Å². The average Bonchev–Trinajstić information content (AvgIpc) is 2.98. The van der Waals surface area contributed by atoms with Gasteiger partial charge < -0.3 is 5.32 Å². The van der Waals surface area contributed by atoms with Crippen LogP contribution in [0.1, 0.15) is 12.8 Å². The fourth-order valence-corrected chi connectivity index (χ4v) is 2.08. The molecular formula is C10H13FN2S. The molecule has 1 aromatic heterocycles. The number of pyridine rings is 1. The van der Waals surface area contributed by atoms with E-state index in [1.807, 2.05) is 11.8 Å². The number of halogens is 1. The van der Waals surface area contributed by atoms with Crippen LogP contribution < -0.4 is 5.32 Å². The van der Waals surface area contributed by atoms with Gasteiger partial charge in [0.25, 0.3) is 0 Å². The van der Waals surface area contributed by atoms with Gasteiger partial charge in [0.1, 0.15) is 0 Å². The van der Waals surface area contributed by atoms with Crippen molar-refractivity contribution in [1.82, 2.24) is 4.98 Å². The lowest BCUT2D eigenvalue weighted by Gasteiger charge is -2.13. The quantitative estimate of drug-likeness (QED) is 0.830. The lowest BCUT2D eigenvalue weighted by atomic mass is 10.4. The largest absolute Gasteiger partial charge is 0.366 e. The molecule has 76 valence electrons. The third kappa shape index (κ3) is 2.00. The summed E-state index contributed by atoms with van der Waals surface area (Å²) in [6, 6.07) is 3.02. The molecule has 2 nitrogen and oxygen atoms in total. The molecule has 0 spiro atoms. The van der Waals surface area contributed by atoms with Crippen LogP contribution in [0, 0.1) is 5.82 Å². The van der Waals surface area contributed by atoms with E-state index in [1.54, 1.807) is 12.3 Å². The maximum atomic E-state index is 13.2. The first-order valence-electron chi connectivity index (χ1n) is 4.65. The molecule has 0 saturated heterocycles. The van der Waals surface area contributed by atoms with E-state index >= 15 is 0 Å². The molecule has 1 N–H and O–H groups in total. The van der Waals surface area contributed by atoms with Crippen molar-refractivity contribution in [3.8, 4) is 0 Å². The van der Waals surface area contributed by atoms with E-state index in [2.05, 4.69) is 16.6 Å². The SMILES string of the molecule is CSC1(CNc2ncccc2F)CC1. The lowest BCUT2D eigenvalue weighted by Crippen LogP contribution is -2.18. The summed E-state index contributed by atoms with van der Waals surface area (Å²) in [6.07, 6.45) is 6.14. The van der Waals surface area contributed by atoms with Gasteiger partial charge in [0.15, 0.2) is 11.6 Å². The average molecular weight is 212 g/mol. The minimum atomic E-state index is -0.274. The first-order valence-corrected chi connectivity index (χ1v) is 5.88. The summed E-state index contributed by atoms with van der Waals surface area (Å²) < 4.78 is 13.5. The van der Waals surface area contributed by atoms with Gasteiger partial charge in [0.05, 0.1) is 0 Å². The molecule has 4 heteroatoms. The maximum absolute atomic E-state index is 13.2. The van der Waals surface area contributed by atoms with E-state index in [9.17, 15) is 4.39 Å². The molecule has 1 saturated carbocycles. The topological polar surface area (TPSA) is 24.9 Å². The van der Waals surface area contributed by atoms with Gasteiger partial charge in [-0.3, -0.25) is 0 Å². The summed E-state index contributed by atoms with van der Waals surface area (Å²) >= 11 is 1.85. The van der Waals surface area contributed by atoms with E-state index < -0.39 is 0 Å². The van der Waals surface area contributed by atoms with Gasteiger partial charge in [-0.15, -0.1) is 0 Å². The van der Waals surface area contributed by atoms with Crippen LogP contribution in [-0.2, 0) is 0 Å². The van der Waals surface area contributed by atoms with Crippen LogP contribution in [0.3, 0.4) is 0 Å². The third-order valence-electron chi connectivity index (χ3n) is 2.58. The van der Waals surface area contributed by atoms with Gasteiger partial charge in [-0.25, -0.2) is 9.37 Å². The van der Waals surface area contributed by atoms with Crippen LogP contribution in [0.15, 0.2) is 18.3 Å². The highest BCUT2D eigenvalue weighted by Gasteiger charge is 2.41. The predicted molar refractivity (Wildman–Crippen MR) is 58.2 cm³/mol. The molecule has 14 heavy (non-hydrogen) atoms.